The minimum absolute atomic E-state index is 0.0172. The summed E-state index contributed by atoms with van der Waals surface area (Å²) in [4.78, 5) is 30.7. The molecule has 0 aliphatic heterocycles. The van der Waals surface area contributed by atoms with Crippen molar-refractivity contribution in [1.82, 2.24) is 19.9 Å². The Morgan fingerprint density at radius 2 is 2.40 bits per heavy atom. The third kappa shape index (κ3) is 2.98. The van der Waals surface area contributed by atoms with Gasteiger partial charge < -0.3 is 5.32 Å². The van der Waals surface area contributed by atoms with Crippen LogP contribution in [0.15, 0.2) is 23.1 Å². The molecule has 0 spiro atoms. The van der Waals surface area contributed by atoms with Crippen molar-refractivity contribution in [3.63, 3.8) is 0 Å². The van der Waals surface area contributed by atoms with E-state index in [0.29, 0.717) is 16.9 Å². The number of carbonyl (C=O) groups is 1. The predicted molar refractivity (Wildman–Crippen MR) is 97.4 cm³/mol. The fourth-order valence-corrected chi connectivity index (χ4v) is 4.77. The fraction of sp³-hybridized carbons (Fsp3) is 0.353. The molecule has 4 rings (SSSR count). The van der Waals surface area contributed by atoms with Gasteiger partial charge in [-0.05, 0) is 37.8 Å². The number of hydrogen-bond donors (Lipinski definition) is 2. The Morgan fingerprint density at radius 3 is 3.24 bits per heavy atom. The van der Waals surface area contributed by atoms with Crippen LogP contribution in [0.5, 0.6) is 0 Å². The molecule has 0 saturated heterocycles. The minimum atomic E-state index is -0.231. The molecule has 130 valence electrons. The van der Waals surface area contributed by atoms with E-state index < -0.39 is 0 Å². The normalized spacial score (nSPS) is 16.8. The molecular formula is C17H17ClN4O2S. The number of aromatic nitrogens is 3. The number of nitrogens with zero attached hydrogens (tertiary/aromatic N) is 2. The molecule has 8 heteroatoms. The van der Waals surface area contributed by atoms with Gasteiger partial charge >= 0.3 is 0 Å². The number of hydrogen-bond acceptors (Lipinski definition) is 4. The van der Waals surface area contributed by atoms with E-state index in [2.05, 4.69) is 15.4 Å². The summed E-state index contributed by atoms with van der Waals surface area (Å²) in [6.07, 6.45) is 4.58. The van der Waals surface area contributed by atoms with Crippen LogP contribution in [-0.4, -0.2) is 20.5 Å². The smallest absolute Gasteiger partial charge is 0.276 e. The molecule has 1 aliphatic carbocycles. The maximum atomic E-state index is 12.5. The molecule has 3 aromatic rings. The van der Waals surface area contributed by atoms with E-state index in [9.17, 15) is 9.59 Å². The summed E-state index contributed by atoms with van der Waals surface area (Å²) in [6, 6.07) is 3.63. The average molecular weight is 377 g/mol. The summed E-state index contributed by atoms with van der Waals surface area (Å²) >= 11 is 7.70. The van der Waals surface area contributed by atoms with E-state index in [1.807, 2.05) is 6.07 Å². The maximum Gasteiger partial charge on any atom is 0.276 e. The number of nitrogens with one attached hydrogen (secondary N) is 2. The number of aromatic amines is 1. The first kappa shape index (κ1) is 16.4. The van der Waals surface area contributed by atoms with Crippen molar-refractivity contribution in [3.05, 3.63) is 54.7 Å². The average Bonchev–Trinajstić information content (AvgIpc) is 3.17. The lowest BCUT2D eigenvalue weighted by atomic mass is 9.94. The molecule has 1 atom stereocenters. The lowest BCUT2D eigenvalue weighted by Crippen LogP contribution is -2.34. The molecule has 0 bridgehead atoms. The Labute approximate surface area is 152 Å². The third-order valence-corrected chi connectivity index (χ3v) is 5.94. The summed E-state index contributed by atoms with van der Waals surface area (Å²) in [5.74, 6) is -0.173. The molecule has 0 aromatic carbocycles. The molecule has 3 heterocycles. The number of H-pyrrole nitrogens is 1. The van der Waals surface area contributed by atoms with Gasteiger partial charge in [0.25, 0.3) is 5.56 Å². The molecule has 1 amide bonds. The zero-order valence-electron chi connectivity index (χ0n) is 13.6. The summed E-state index contributed by atoms with van der Waals surface area (Å²) in [5.41, 5.74) is 2.43. The molecule has 2 N–H and O–H groups in total. The zero-order valence-corrected chi connectivity index (χ0v) is 15.2. The van der Waals surface area contributed by atoms with E-state index >= 15 is 0 Å². The topological polar surface area (TPSA) is 79.3 Å². The molecule has 0 fully saturated rings. The molecule has 0 radical (unpaired) electrons. The first-order chi connectivity index (χ1) is 12.0. The highest BCUT2D eigenvalue weighted by atomic mass is 35.5. The van der Waals surface area contributed by atoms with Crippen LogP contribution in [0.3, 0.4) is 0 Å². The lowest BCUT2D eigenvalue weighted by Gasteiger charge is -2.23. The number of halogens is 1. The van der Waals surface area contributed by atoms with Gasteiger partial charge in [0.05, 0.1) is 16.8 Å². The van der Waals surface area contributed by atoms with Gasteiger partial charge in [-0.25, -0.2) is 9.50 Å². The Morgan fingerprint density at radius 1 is 1.56 bits per heavy atom. The molecule has 1 aliphatic rings. The van der Waals surface area contributed by atoms with Gasteiger partial charge in [0.1, 0.15) is 0 Å². The molecule has 3 aromatic heterocycles. The highest BCUT2D eigenvalue weighted by Gasteiger charge is 2.25. The van der Waals surface area contributed by atoms with E-state index in [4.69, 9.17) is 11.6 Å². The van der Waals surface area contributed by atoms with E-state index in [1.54, 1.807) is 30.5 Å². The summed E-state index contributed by atoms with van der Waals surface area (Å²) in [6.45, 7) is 1.76. The Hall–Kier alpha value is -2.12. The van der Waals surface area contributed by atoms with Crippen molar-refractivity contribution in [2.75, 3.05) is 0 Å². The molecule has 1 unspecified atom stereocenters. The van der Waals surface area contributed by atoms with Crippen LogP contribution in [0.25, 0.3) is 5.65 Å². The van der Waals surface area contributed by atoms with Gasteiger partial charge in [-0.15, -0.1) is 11.3 Å². The fourth-order valence-electron chi connectivity index (χ4n) is 3.39. The van der Waals surface area contributed by atoms with Gasteiger partial charge in [-0.2, -0.15) is 0 Å². The second-order valence-corrected chi connectivity index (χ2v) is 8.02. The van der Waals surface area contributed by atoms with Gasteiger partial charge in [-0.1, -0.05) is 11.6 Å². The second kappa shape index (κ2) is 6.31. The van der Waals surface area contributed by atoms with Gasteiger partial charge in [0.2, 0.25) is 5.91 Å². The Bertz CT molecular complexity index is 1020. The highest BCUT2D eigenvalue weighted by Crippen LogP contribution is 2.37. The number of rotatable bonds is 3. The van der Waals surface area contributed by atoms with Crippen LogP contribution >= 0.6 is 22.9 Å². The summed E-state index contributed by atoms with van der Waals surface area (Å²) in [5, 5.41) is 5.88. The monoisotopic (exact) mass is 376 g/mol. The van der Waals surface area contributed by atoms with Crippen molar-refractivity contribution in [3.8, 4) is 0 Å². The maximum absolute atomic E-state index is 12.5. The summed E-state index contributed by atoms with van der Waals surface area (Å²) in [7, 11) is 0. The molecule has 6 nitrogen and oxygen atoms in total. The molecule has 25 heavy (non-hydrogen) atoms. The minimum Gasteiger partial charge on any atom is -0.349 e. The Balaban J connectivity index is 1.57. The van der Waals surface area contributed by atoms with Crippen LogP contribution in [0.2, 0.25) is 4.34 Å². The first-order valence-electron chi connectivity index (χ1n) is 8.16. The van der Waals surface area contributed by atoms with E-state index in [1.165, 1.54) is 9.39 Å². The van der Waals surface area contributed by atoms with Crippen molar-refractivity contribution >= 4 is 34.5 Å². The predicted octanol–water partition coefficient (Wildman–Crippen LogP) is 2.78. The first-order valence-corrected chi connectivity index (χ1v) is 9.35. The standard InChI is InChI=1S/C17H17ClN4O2S/c1-9-10(17(24)22-15(20-9)5-6-19-22)8-16(23)21-12-3-2-4-13-11(12)7-14(18)25-13/h5-7,12,19H,2-4,8H2,1H3,(H,21,23). The SMILES string of the molecule is Cc1nc2cc[nH]n2c(=O)c1CC(=O)NC1CCCc2sc(Cl)cc21. The molecular weight excluding hydrogens is 360 g/mol. The number of fused-ring (bicyclic) bond motifs is 2. The third-order valence-electron chi connectivity index (χ3n) is 4.60. The zero-order chi connectivity index (χ0) is 17.6. The highest BCUT2D eigenvalue weighted by molar-refractivity contribution is 7.16. The van der Waals surface area contributed by atoms with Crippen LogP contribution < -0.4 is 10.9 Å². The largest absolute Gasteiger partial charge is 0.349 e. The van der Waals surface area contributed by atoms with E-state index in [0.717, 1.165) is 29.2 Å². The lowest BCUT2D eigenvalue weighted by molar-refractivity contribution is -0.121. The van der Waals surface area contributed by atoms with Crippen molar-refractivity contribution in [2.24, 2.45) is 0 Å². The van der Waals surface area contributed by atoms with Crippen molar-refractivity contribution in [2.45, 2.75) is 38.6 Å². The van der Waals surface area contributed by atoms with Gasteiger partial charge in [0.15, 0.2) is 5.65 Å². The number of thiophene rings is 1. The summed E-state index contributed by atoms with van der Waals surface area (Å²) < 4.78 is 2.11. The van der Waals surface area contributed by atoms with E-state index in [-0.39, 0.29) is 23.9 Å². The Kier molecular flexibility index (Phi) is 4.13. The van der Waals surface area contributed by atoms with Gasteiger partial charge in [-0.3, -0.25) is 14.7 Å². The second-order valence-electron chi connectivity index (χ2n) is 6.26. The van der Waals surface area contributed by atoms with Crippen molar-refractivity contribution < 1.29 is 4.79 Å². The van der Waals surface area contributed by atoms with Gasteiger partial charge in [0, 0.05) is 28.4 Å². The van der Waals surface area contributed by atoms with Crippen LogP contribution in [-0.2, 0) is 17.6 Å². The van der Waals surface area contributed by atoms with Crippen molar-refractivity contribution in [1.29, 1.82) is 0 Å². The molecule has 0 saturated carbocycles. The number of aryl methyl sites for hydroxylation is 2. The van der Waals surface area contributed by atoms with Crippen LogP contribution in [0.4, 0.5) is 0 Å². The number of carbonyl (C=O) groups excluding carboxylic acids is 1. The quantitative estimate of drug-likeness (QED) is 0.737. The van der Waals surface area contributed by atoms with Crippen LogP contribution in [0, 0.1) is 6.92 Å². The van der Waals surface area contributed by atoms with Crippen LogP contribution in [0.1, 0.15) is 40.6 Å². The number of amides is 1.